The summed E-state index contributed by atoms with van der Waals surface area (Å²) < 4.78 is 1.56. The molecule has 0 spiro atoms. The summed E-state index contributed by atoms with van der Waals surface area (Å²) in [5.41, 5.74) is 3.69. The van der Waals surface area contributed by atoms with Gasteiger partial charge in [-0.05, 0) is 43.0 Å². The van der Waals surface area contributed by atoms with Gasteiger partial charge in [0.15, 0.2) is 5.65 Å². The van der Waals surface area contributed by atoms with E-state index < -0.39 is 0 Å². The van der Waals surface area contributed by atoms with Crippen LogP contribution in [0.2, 0.25) is 0 Å². The van der Waals surface area contributed by atoms with E-state index in [-0.39, 0.29) is 18.1 Å². The molecule has 3 heterocycles. The van der Waals surface area contributed by atoms with Gasteiger partial charge in [0, 0.05) is 32.2 Å². The van der Waals surface area contributed by atoms with Crippen LogP contribution in [0.5, 0.6) is 0 Å². The Morgan fingerprint density at radius 1 is 1.39 bits per heavy atom. The second-order valence-corrected chi connectivity index (χ2v) is 5.51. The number of halogens is 1. The number of anilines is 1. The molecule has 6 nitrogen and oxygen atoms in total. The van der Waals surface area contributed by atoms with E-state index in [0.717, 1.165) is 30.6 Å². The highest BCUT2D eigenvalue weighted by atomic mass is 35.5. The molecule has 0 atom stereocenters. The summed E-state index contributed by atoms with van der Waals surface area (Å²) in [6.07, 6.45) is 7.48. The molecule has 0 saturated heterocycles. The van der Waals surface area contributed by atoms with E-state index in [1.165, 1.54) is 5.56 Å². The number of aromatic amines is 1. The van der Waals surface area contributed by atoms with E-state index in [0.29, 0.717) is 5.65 Å². The zero-order valence-corrected chi connectivity index (χ0v) is 14.0. The number of hydrogen-bond acceptors (Lipinski definition) is 4. The maximum atomic E-state index is 11.7. The van der Waals surface area contributed by atoms with Gasteiger partial charge in [-0.1, -0.05) is 6.07 Å². The minimum absolute atomic E-state index is 0. The monoisotopic (exact) mass is 333 g/mol. The molecule has 0 fully saturated rings. The molecule has 3 rings (SSSR count). The molecule has 0 amide bonds. The lowest BCUT2D eigenvalue weighted by Gasteiger charge is -2.20. The zero-order valence-electron chi connectivity index (χ0n) is 13.2. The van der Waals surface area contributed by atoms with Crippen molar-refractivity contribution in [3.05, 3.63) is 58.4 Å². The van der Waals surface area contributed by atoms with Crippen molar-refractivity contribution in [1.29, 1.82) is 0 Å². The van der Waals surface area contributed by atoms with E-state index in [9.17, 15) is 4.79 Å². The Hall–Kier alpha value is -2.34. The highest BCUT2D eigenvalue weighted by Gasteiger charge is 2.11. The number of fused-ring (bicyclic) bond motifs is 1. The first-order chi connectivity index (χ1) is 10.6. The van der Waals surface area contributed by atoms with Gasteiger partial charge >= 0.3 is 5.69 Å². The molecule has 0 unspecified atom stereocenters. The SMILES string of the molecule is Cc1cc(N(C)CCCc2cccnc2)c2n[nH]c(=O)n2c1.Cl. The fourth-order valence-corrected chi connectivity index (χ4v) is 2.59. The predicted molar refractivity (Wildman–Crippen MR) is 93.6 cm³/mol. The Balaban J connectivity index is 0.00000192. The molecule has 0 aliphatic heterocycles. The molecule has 122 valence electrons. The standard InChI is InChI=1S/C16H19N5O.ClH/c1-12-9-14(15-18-19-16(22)21(15)11-12)20(2)8-4-6-13-5-3-7-17-10-13;/h3,5,7,9-11H,4,6,8H2,1-2H3,(H,19,22);1H. The number of H-pyrrole nitrogens is 1. The third kappa shape index (κ3) is 3.71. The van der Waals surface area contributed by atoms with Gasteiger partial charge in [-0.25, -0.2) is 14.3 Å². The largest absolute Gasteiger partial charge is 0.372 e. The van der Waals surface area contributed by atoms with Crippen LogP contribution in [-0.4, -0.2) is 33.2 Å². The molecule has 3 aromatic heterocycles. The molecule has 1 N–H and O–H groups in total. The van der Waals surface area contributed by atoms with Gasteiger partial charge in [0.1, 0.15) is 0 Å². The lowest BCUT2D eigenvalue weighted by atomic mass is 10.1. The van der Waals surface area contributed by atoms with Crippen LogP contribution >= 0.6 is 12.4 Å². The molecule has 7 heteroatoms. The molecular weight excluding hydrogens is 314 g/mol. The fourth-order valence-electron chi connectivity index (χ4n) is 2.59. The normalized spacial score (nSPS) is 10.5. The second-order valence-electron chi connectivity index (χ2n) is 5.51. The molecule has 3 aromatic rings. The molecule has 0 aliphatic carbocycles. The van der Waals surface area contributed by atoms with Crippen molar-refractivity contribution in [1.82, 2.24) is 19.6 Å². The van der Waals surface area contributed by atoms with Gasteiger partial charge in [-0.15, -0.1) is 12.4 Å². The molecule has 0 aromatic carbocycles. The topological polar surface area (TPSA) is 66.3 Å². The number of nitrogens with one attached hydrogen (secondary N) is 1. The van der Waals surface area contributed by atoms with Crippen LogP contribution in [0.1, 0.15) is 17.5 Å². The van der Waals surface area contributed by atoms with Crippen LogP contribution in [0, 0.1) is 6.92 Å². The van der Waals surface area contributed by atoms with Crippen molar-refractivity contribution in [2.45, 2.75) is 19.8 Å². The Morgan fingerprint density at radius 2 is 2.22 bits per heavy atom. The van der Waals surface area contributed by atoms with Crippen molar-refractivity contribution in [3.8, 4) is 0 Å². The Kier molecular flexibility index (Phi) is 5.39. The van der Waals surface area contributed by atoms with Crippen molar-refractivity contribution >= 4 is 23.7 Å². The number of aromatic nitrogens is 4. The third-order valence-electron chi connectivity index (χ3n) is 3.72. The van der Waals surface area contributed by atoms with Crippen LogP contribution < -0.4 is 10.6 Å². The van der Waals surface area contributed by atoms with E-state index in [4.69, 9.17) is 0 Å². The Labute approximate surface area is 140 Å². The van der Waals surface area contributed by atoms with Crippen molar-refractivity contribution in [3.63, 3.8) is 0 Å². The number of nitrogens with zero attached hydrogens (tertiary/aromatic N) is 4. The summed E-state index contributed by atoms with van der Waals surface area (Å²) in [5, 5.41) is 6.62. The van der Waals surface area contributed by atoms with E-state index in [2.05, 4.69) is 32.2 Å². The highest BCUT2D eigenvalue weighted by Crippen LogP contribution is 2.19. The summed E-state index contributed by atoms with van der Waals surface area (Å²) >= 11 is 0. The molecule has 0 saturated carbocycles. The number of pyridine rings is 2. The Morgan fingerprint density at radius 3 is 2.96 bits per heavy atom. The summed E-state index contributed by atoms with van der Waals surface area (Å²) in [5.74, 6) is 0. The highest BCUT2D eigenvalue weighted by molar-refractivity contribution is 5.85. The molecule has 0 radical (unpaired) electrons. The summed E-state index contributed by atoms with van der Waals surface area (Å²) in [4.78, 5) is 18.0. The molecular formula is C16H20ClN5O. The van der Waals surface area contributed by atoms with Crippen LogP contribution in [0.3, 0.4) is 0 Å². The van der Waals surface area contributed by atoms with Crippen LogP contribution in [0.15, 0.2) is 41.6 Å². The first-order valence-corrected chi connectivity index (χ1v) is 7.32. The number of hydrogen-bond donors (Lipinski definition) is 1. The Bertz CT molecular complexity index is 827. The number of aryl methyl sites for hydroxylation is 2. The van der Waals surface area contributed by atoms with Crippen LogP contribution in [-0.2, 0) is 6.42 Å². The second kappa shape index (κ2) is 7.28. The minimum atomic E-state index is -0.205. The lowest BCUT2D eigenvalue weighted by molar-refractivity contribution is 0.782. The number of rotatable bonds is 5. The first kappa shape index (κ1) is 17.0. The van der Waals surface area contributed by atoms with E-state index in [1.54, 1.807) is 16.8 Å². The van der Waals surface area contributed by atoms with Crippen molar-refractivity contribution in [2.24, 2.45) is 0 Å². The average Bonchev–Trinajstić information content (AvgIpc) is 2.89. The lowest BCUT2D eigenvalue weighted by Crippen LogP contribution is -2.21. The van der Waals surface area contributed by atoms with Gasteiger partial charge in [0.2, 0.25) is 0 Å². The van der Waals surface area contributed by atoms with Crippen LogP contribution in [0.25, 0.3) is 5.65 Å². The quantitative estimate of drug-likeness (QED) is 0.777. The minimum Gasteiger partial charge on any atom is -0.372 e. The van der Waals surface area contributed by atoms with Gasteiger partial charge in [-0.3, -0.25) is 4.98 Å². The van der Waals surface area contributed by atoms with E-state index in [1.807, 2.05) is 26.2 Å². The van der Waals surface area contributed by atoms with Crippen LogP contribution in [0.4, 0.5) is 5.69 Å². The molecule has 0 aliphatic rings. The van der Waals surface area contributed by atoms with Gasteiger partial charge < -0.3 is 4.90 Å². The predicted octanol–water partition coefficient (Wildman–Crippen LogP) is 2.22. The summed E-state index contributed by atoms with van der Waals surface area (Å²) in [6.45, 7) is 2.86. The summed E-state index contributed by atoms with van der Waals surface area (Å²) in [6, 6.07) is 6.10. The van der Waals surface area contributed by atoms with E-state index >= 15 is 0 Å². The summed E-state index contributed by atoms with van der Waals surface area (Å²) in [7, 11) is 2.02. The maximum absolute atomic E-state index is 11.7. The fraction of sp³-hybridized carbons (Fsp3) is 0.312. The van der Waals surface area contributed by atoms with Gasteiger partial charge in [0.05, 0.1) is 5.69 Å². The first-order valence-electron chi connectivity index (χ1n) is 7.32. The molecule has 23 heavy (non-hydrogen) atoms. The average molecular weight is 334 g/mol. The van der Waals surface area contributed by atoms with Gasteiger partial charge in [0.25, 0.3) is 0 Å². The van der Waals surface area contributed by atoms with Crippen molar-refractivity contribution < 1.29 is 0 Å². The zero-order chi connectivity index (χ0) is 15.5. The van der Waals surface area contributed by atoms with Crippen molar-refractivity contribution in [2.75, 3.05) is 18.5 Å². The maximum Gasteiger partial charge on any atom is 0.347 e. The smallest absolute Gasteiger partial charge is 0.347 e. The molecule has 0 bridgehead atoms. The third-order valence-corrected chi connectivity index (χ3v) is 3.72. The van der Waals surface area contributed by atoms with Gasteiger partial charge in [-0.2, -0.15) is 5.10 Å².